The van der Waals surface area contributed by atoms with Gasteiger partial charge in [0.25, 0.3) is 5.91 Å². The SMILES string of the molecule is COCCn1cc(C(=O)Nc2cc(NC(=O)CN3CCCCC3C)ccc2F)cn1. The van der Waals surface area contributed by atoms with Gasteiger partial charge in [-0.05, 0) is 44.5 Å². The molecule has 0 aliphatic carbocycles. The summed E-state index contributed by atoms with van der Waals surface area (Å²) < 4.78 is 20.8. The number of benzene rings is 1. The summed E-state index contributed by atoms with van der Waals surface area (Å²) in [5.74, 6) is -1.23. The number of carbonyl (C=O) groups is 2. The van der Waals surface area contributed by atoms with Crippen LogP contribution < -0.4 is 10.6 Å². The number of methoxy groups -OCH3 is 1. The second kappa shape index (κ2) is 10.3. The Morgan fingerprint density at radius 2 is 2.13 bits per heavy atom. The number of ether oxygens (including phenoxy) is 1. The normalized spacial score (nSPS) is 17.0. The second-order valence-corrected chi connectivity index (χ2v) is 7.50. The Morgan fingerprint density at radius 1 is 1.30 bits per heavy atom. The maximum absolute atomic E-state index is 14.2. The van der Waals surface area contributed by atoms with Crippen molar-refractivity contribution >= 4 is 23.2 Å². The molecule has 2 aromatic rings. The third kappa shape index (κ3) is 5.87. The Morgan fingerprint density at radius 3 is 2.90 bits per heavy atom. The molecule has 9 heteroatoms. The molecular formula is C21H28FN5O3. The maximum atomic E-state index is 14.2. The predicted octanol–water partition coefficient (Wildman–Crippen LogP) is 2.73. The first-order chi connectivity index (χ1) is 14.5. The summed E-state index contributed by atoms with van der Waals surface area (Å²) in [5.41, 5.74) is 0.727. The molecule has 1 aromatic carbocycles. The van der Waals surface area contributed by atoms with E-state index in [9.17, 15) is 14.0 Å². The summed E-state index contributed by atoms with van der Waals surface area (Å²) >= 11 is 0. The zero-order valence-electron chi connectivity index (χ0n) is 17.4. The quantitative estimate of drug-likeness (QED) is 0.690. The van der Waals surface area contributed by atoms with Crippen molar-refractivity contribution in [2.75, 3.05) is 37.4 Å². The van der Waals surface area contributed by atoms with Crippen LogP contribution in [-0.4, -0.2) is 59.3 Å². The van der Waals surface area contributed by atoms with Gasteiger partial charge in [-0.25, -0.2) is 4.39 Å². The van der Waals surface area contributed by atoms with Gasteiger partial charge in [0.05, 0.1) is 37.1 Å². The van der Waals surface area contributed by atoms with Crippen LogP contribution in [0.2, 0.25) is 0 Å². The highest BCUT2D eigenvalue weighted by atomic mass is 19.1. The van der Waals surface area contributed by atoms with Crippen LogP contribution in [-0.2, 0) is 16.1 Å². The van der Waals surface area contributed by atoms with Gasteiger partial charge in [0, 0.05) is 25.0 Å². The smallest absolute Gasteiger partial charge is 0.258 e. The van der Waals surface area contributed by atoms with E-state index in [0.29, 0.717) is 37.0 Å². The van der Waals surface area contributed by atoms with E-state index in [1.165, 1.54) is 30.8 Å². The van der Waals surface area contributed by atoms with Crippen molar-refractivity contribution in [3.05, 3.63) is 42.0 Å². The van der Waals surface area contributed by atoms with Crippen molar-refractivity contribution in [3.63, 3.8) is 0 Å². The molecule has 1 aliphatic rings. The Balaban J connectivity index is 1.61. The molecule has 1 aliphatic heterocycles. The van der Waals surface area contributed by atoms with Crippen LogP contribution >= 0.6 is 0 Å². The first-order valence-electron chi connectivity index (χ1n) is 10.1. The number of amides is 2. The first kappa shape index (κ1) is 21.9. The molecule has 1 fully saturated rings. The molecule has 1 aromatic heterocycles. The zero-order chi connectivity index (χ0) is 21.5. The number of aromatic nitrogens is 2. The van der Waals surface area contributed by atoms with Crippen LogP contribution in [0.15, 0.2) is 30.6 Å². The second-order valence-electron chi connectivity index (χ2n) is 7.50. The summed E-state index contributed by atoms with van der Waals surface area (Å²) in [7, 11) is 1.58. The Labute approximate surface area is 175 Å². The highest BCUT2D eigenvalue weighted by Gasteiger charge is 2.21. The number of likely N-dealkylation sites (tertiary alicyclic amines) is 1. The number of halogens is 1. The molecule has 0 spiro atoms. The van der Waals surface area contributed by atoms with Crippen molar-refractivity contribution in [1.29, 1.82) is 0 Å². The number of nitrogens with zero attached hydrogens (tertiary/aromatic N) is 3. The number of hydrogen-bond donors (Lipinski definition) is 2. The van der Waals surface area contributed by atoms with E-state index in [2.05, 4.69) is 27.6 Å². The Bertz CT molecular complexity index is 885. The molecular weight excluding hydrogens is 389 g/mol. The van der Waals surface area contributed by atoms with Crippen molar-refractivity contribution in [1.82, 2.24) is 14.7 Å². The van der Waals surface area contributed by atoms with Gasteiger partial charge in [0.15, 0.2) is 0 Å². The molecule has 1 unspecified atom stereocenters. The van der Waals surface area contributed by atoms with Crippen molar-refractivity contribution in [2.45, 2.75) is 38.8 Å². The summed E-state index contributed by atoms with van der Waals surface area (Å²) in [5, 5.41) is 9.40. The van der Waals surface area contributed by atoms with E-state index in [4.69, 9.17) is 4.74 Å². The van der Waals surface area contributed by atoms with E-state index >= 15 is 0 Å². The molecule has 8 nitrogen and oxygen atoms in total. The number of rotatable bonds is 8. The average molecular weight is 417 g/mol. The van der Waals surface area contributed by atoms with Crippen molar-refractivity contribution in [2.24, 2.45) is 0 Å². The molecule has 2 heterocycles. The van der Waals surface area contributed by atoms with Gasteiger partial charge >= 0.3 is 0 Å². The Kier molecular flexibility index (Phi) is 7.53. The van der Waals surface area contributed by atoms with Crippen LogP contribution in [0.25, 0.3) is 0 Å². The summed E-state index contributed by atoms with van der Waals surface area (Å²) in [6.45, 7) is 4.29. The standard InChI is InChI=1S/C21H28FN5O3/c1-15-5-3-4-8-26(15)14-20(28)24-17-6-7-18(22)19(11-17)25-21(29)16-12-23-27(13-16)9-10-30-2/h6-7,11-13,15H,3-5,8-10,14H2,1-2H3,(H,24,28)(H,25,29). The molecule has 0 radical (unpaired) electrons. The zero-order valence-corrected chi connectivity index (χ0v) is 17.4. The summed E-state index contributed by atoms with van der Waals surface area (Å²) in [6, 6.07) is 4.49. The van der Waals surface area contributed by atoms with Crippen molar-refractivity contribution in [3.8, 4) is 0 Å². The van der Waals surface area contributed by atoms with Crippen LogP contribution in [0.1, 0.15) is 36.5 Å². The molecule has 2 N–H and O–H groups in total. The number of anilines is 2. The minimum atomic E-state index is -0.585. The minimum absolute atomic E-state index is 0.00576. The third-order valence-corrected chi connectivity index (χ3v) is 5.21. The molecule has 1 saturated heterocycles. The number of nitrogens with one attached hydrogen (secondary N) is 2. The Hall–Kier alpha value is -2.78. The molecule has 2 amide bonds. The summed E-state index contributed by atoms with van der Waals surface area (Å²) in [6.07, 6.45) is 6.34. The molecule has 0 saturated carbocycles. The highest BCUT2D eigenvalue weighted by molar-refractivity contribution is 6.04. The fraction of sp³-hybridized carbons (Fsp3) is 0.476. The molecule has 30 heavy (non-hydrogen) atoms. The fourth-order valence-electron chi connectivity index (χ4n) is 3.46. The van der Waals surface area contributed by atoms with Crippen molar-refractivity contribution < 1.29 is 18.7 Å². The molecule has 3 rings (SSSR count). The van der Waals surface area contributed by atoms with Gasteiger partial charge in [0.1, 0.15) is 5.82 Å². The van der Waals surface area contributed by atoms with Crippen LogP contribution in [0.5, 0.6) is 0 Å². The van der Waals surface area contributed by atoms with E-state index < -0.39 is 11.7 Å². The average Bonchev–Trinajstić information content (AvgIpc) is 3.20. The van der Waals surface area contributed by atoms with Gasteiger partial charge in [-0.15, -0.1) is 0 Å². The van der Waals surface area contributed by atoms with E-state index in [-0.39, 0.29) is 11.6 Å². The largest absolute Gasteiger partial charge is 0.383 e. The number of hydrogen-bond acceptors (Lipinski definition) is 5. The molecule has 162 valence electrons. The lowest BCUT2D eigenvalue weighted by molar-refractivity contribution is -0.118. The fourth-order valence-corrected chi connectivity index (χ4v) is 3.46. The van der Waals surface area contributed by atoms with E-state index in [0.717, 1.165) is 19.4 Å². The maximum Gasteiger partial charge on any atom is 0.258 e. The number of piperidine rings is 1. The lowest BCUT2D eigenvalue weighted by atomic mass is 10.0. The minimum Gasteiger partial charge on any atom is -0.383 e. The van der Waals surface area contributed by atoms with E-state index in [1.54, 1.807) is 18.0 Å². The van der Waals surface area contributed by atoms with Crippen LogP contribution in [0.3, 0.4) is 0 Å². The van der Waals surface area contributed by atoms with E-state index in [1.807, 2.05) is 0 Å². The first-order valence-corrected chi connectivity index (χ1v) is 10.1. The number of carbonyl (C=O) groups excluding carboxylic acids is 2. The van der Waals surface area contributed by atoms with Gasteiger partial charge in [0.2, 0.25) is 5.91 Å². The topological polar surface area (TPSA) is 88.5 Å². The lowest BCUT2D eigenvalue weighted by Gasteiger charge is -2.32. The lowest BCUT2D eigenvalue weighted by Crippen LogP contribution is -2.42. The predicted molar refractivity (Wildman–Crippen MR) is 112 cm³/mol. The monoisotopic (exact) mass is 417 g/mol. The van der Waals surface area contributed by atoms with Crippen LogP contribution in [0.4, 0.5) is 15.8 Å². The van der Waals surface area contributed by atoms with Gasteiger partial charge in [-0.3, -0.25) is 19.2 Å². The third-order valence-electron chi connectivity index (χ3n) is 5.21. The molecule has 0 bridgehead atoms. The highest BCUT2D eigenvalue weighted by Crippen LogP contribution is 2.21. The van der Waals surface area contributed by atoms with Gasteiger partial charge in [-0.1, -0.05) is 6.42 Å². The summed E-state index contributed by atoms with van der Waals surface area (Å²) in [4.78, 5) is 27.0. The van der Waals surface area contributed by atoms with Crippen LogP contribution in [0, 0.1) is 5.82 Å². The van der Waals surface area contributed by atoms with Gasteiger partial charge < -0.3 is 15.4 Å². The van der Waals surface area contributed by atoms with Gasteiger partial charge in [-0.2, -0.15) is 5.10 Å². The molecule has 1 atom stereocenters.